The Morgan fingerprint density at radius 2 is 1.67 bits per heavy atom. The zero-order valence-electron chi connectivity index (χ0n) is 16.5. The Bertz CT molecular complexity index is 766. The topological polar surface area (TPSA) is 61.6 Å². The quantitative estimate of drug-likeness (QED) is 0.595. The summed E-state index contributed by atoms with van der Waals surface area (Å²) in [7, 11) is -0.610. The number of nitrogens with zero attached hydrogens (tertiary/aromatic N) is 4. The largest absolute Gasteiger partial charge is 0.495 e. The average molecular weight is 372 g/mol. The van der Waals surface area contributed by atoms with Crippen molar-refractivity contribution in [1.82, 2.24) is 9.88 Å². The van der Waals surface area contributed by atoms with Crippen LogP contribution in [0.1, 0.15) is 40.5 Å². The second-order valence-corrected chi connectivity index (χ2v) is 8.79. The van der Waals surface area contributed by atoms with Crippen molar-refractivity contribution in [2.45, 2.75) is 57.3 Å². The lowest BCUT2D eigenvalue weighted by atomic mass is 9.79. The van der Waals surface area contributed by atoms with E-state index in [1.807, 2.05) is 33.8 Å². The molecule has 3 heterocycles. The van der Waals surface area contributed by atoms with Crippen molar-refractivity contribution in [3.8, 4) is 6.07 Å². The Morgan fingerprint density at radius 3 is 2.19 bits per heavy atom. The number of halogens is 1. The minimum absolute atomic E-state index is 0.255. The van der Waals surface area contributed by atoms with Gasteiger partial charge in [0, 0.05) is 26.2 Å². The van der Waals surface area contributed by atoms with Gasteiger partial charge < -0.3 is 14.2 Å². The molecule has 1 aromatic heterocycles. The van der Waals surface area contributed by atoms with Gasteiger partial charge in [-0.25, -0.2) is 4.98 Å². The molecule has 0 unspecified atom stereocenters. The molecule has 0 atom stereocenters. The van der Waals surface area contributed by atoms with Crippen LogP contribution in [0.2, 0.25) is 0 Å². The monoisotopic (exact) mass is 372 g/mol. The molecule has 6 nitrogen and oxygen atoms in total. The number of hydrogen-bond donors (Lipinski definition) is 0. The lowest BCUT2D eigenvalue weighted by Crippen LogP contribution is -2.51. The van der Waals surface area contributed by atoms with Crippen molar-refractivity contribution >= 4 is 18.4 Å². The normalized spacial score (nSPS) is 26.1. The molecule has 0 aromatic carbocycles. The fourth-order valence-corrected chi connectivity index (χ4v) is 3.76. The summed E-state index contributed by atoms with van der Waals surface area (Å²) in [5.74, 6) is 0.0662. The summed E-state index contributed by atoms with van der Waals surface area (Å²) in [6.07, 6.45) is 1.90. The first kappa shape index (κ1) is 18.7. The van der Waals surface area contributed by atoms with E-state index in [0.29, 0.717) is 11.3 Å². The van der Waals surface area contributed by atoms with Gasteiger partial charge in [0.25, 0.3) is 0 Å². The fraction of sp³-hybridized carbons (Fsp3) is 0.684. The van der Waals surface area contributed by atoms with E-state index in [0.717, 1.165) is 39.0 Å². The maximum absolute atomic E-state index is 14.2. The molecule has 0 N–H and O–H groups in total. The Hall–Kier alpha value is -1.69. The second kappa shape index (κ2) is 6.16. The van der Waals surface area contributed by atoms with E-state index in [2.05, 4.69) is 20.9 Å². The van der Waals surface area contributed by atoms with E-state index < -0.39 is 24.3 Å². The first-order valence-corrected chi connectivity index (χ1v) is 9.60. The van der Waals surface area contributed by atoms with E-state index in [1.165, 1.54) is 6.07 Å². The highest BCUT2D eigenvalue weighted by Gasteiger charge is 2.52. The van der Waals surface area contributed by atoms with Crippen LogP contribution in [0.25, 0.3) is 0 Å². The standard InChI is InChI=1S/C19H26BFN4O2/c1-17(2)18(3,4)27-20(26-17)14-11-15(21)23-16(12-14)24-7-9-25(10-8-24)19(13-22)5-6-19/h11-12H,5-10H2,1-4H3. The molecule has 2 saturated heterocycles. The lowest BCUT2D eigenvalue weighted by molar-refractivity contribution is 0.00578. The van der Waals surface area contributed by atoms with Crippen LogP contribution in [0.15, 0.2) is 12.1 Å². The third kappa shape index (κ3) is 3.22. The molecule has 0 spiro atoms. The van der Waals surface area contributed by atoms with Crippen LogP contribution in [0.3, 0.4) is 0 Å². The Labute approximate surface area is 160 Å². The maximum Gasteiger partial charge on any atom is 0.495 e. The fourth-order valence-electron chi connectivity index (χ4n) is 3.76. The van der Waals surface area contributed by atoms with E-state index in [-0.39, 0.29) is 5.54 Å². The molecule has 1 saturated carbocycles. The average Bonchev–Trinajstić information content (AvgIpc) is 3.37. The molecule has 0 bridgehead atoms. The second-order valence-electron chi connectivity index (χ2n) is 8.79. The predicted octanol–water partition coefficient (Wildman–Crippen LogP) is 1.70. The van der Waals surface area contributed by atoms with E-state index in [4.69, 9.17) is 9.31 Å². The van der Waals surface area contributed by atoms with Crippen molar-refractivity contribution in [2.24, 2.45) is 0 Å². The van der Waals surface area contributed by atoms with Crippen LogP contribution in [-0.2, 0) is 9.31 Å². The molecule has 4 rings (SSSR count). The van der Waals surface area contributed by atoms with Crippen LogP contribution < -0.4 is 10.4 Å². The predicted molar refractivity (Wildman–Crippen MR) is 101 cm³/mol. The van der Waals surface area contributed by atoms with Crippen molar-refractivity contribution < 1.29 is 13.7 Å². The molecular weight excluding hydrogens is 346 g/mol. The summed E-state index contributed by atoms with van der Waals surface area (Å²) in [4.78, 5) is 8.41. The zero-order chi connectivity index (χ0) is 19.4. The number of nitriles is 1. The molecule has 1 aromatic rings. The first-order chi connectivity index (χ1) is 12.7. The number of aromatic nitrogens is 1. The Kier molecular flexibility index (Phi) is 4.26. The number of hydrogen-bond acceptors (Lipinski definition) is 6. The highest BCUT2D eigenvalue weighted by atomic mass is 19.1. The Morgan fingerprint density at radius 1 is 1.07 bits per heavy atom. The van der Waals surface area contributed by atoms with Gasteiger partial charge in [-0.2, -0.15) is 9.65 Å². The minimum Gasteiger partial charge on any atom is -0.399 e. The SMILES string of the molecule is CC1(C)OB(c2cc(F)nc(N3CCN(C4(C#N)CC4)CC3)c2)OC1(C)C. The summed E-state index contributed by atoms with van der Waals surface area (Å²) in [6, 6.07) is 5.69. The van der Waals surface area contributed by atoms with Gasteiger partial charge in [0.15, 0.2) is 0 Å². The number of anilines is 1. The van der Waals surface area contributed by atoms with Crippen molar-refractivity contribution in [3.63, 3.8) is 0 Å². The minimum atomic E-state index is -0.610. The van der Waals surface area contributed by atoms with Gasteiger partial charge >= 0.3 is 7.12 Å². The molecule has 0 radical (unpaired) electrons. The summed E-state index contributed by atoms with van der Waals surface area (Å²) >= 11 is 0. The van der Waals surface area contributed by atoms with Crippen LogP contribution >= 0.6 is 0 Å². The van der Waals surface area contributed by atoms with Gasteiger partial charge in [0.1, 0.15) is 11.4 Å². The van der Waals surface area contributed by atoms with Gasteiger partial charge in [0.2, 0.25) is 5.95 Å². The van der Waals surface area contributed by atoms with Crippen LogP contribution in [0, 0.1) is 17.3 Å². The van der Waals surface area contributed by atoms with Gasteiger partial charge in [-0.05, 0) is 58.1 Å². The molecular formula is C19H26BFN4O2. The van der Waals surface area contributed by atoms with E-state index >= 15 is 0 Å². The van der Waals surface area contributed by atoms with E-state index in [1.54, 1.807) is 0 Å². The lowest BCUT2D eigenvalue weighted by Gasteiger charge is -2.37. The van der Waals surface area contributed by atoms with Crippen molar-refractivity contribution in [2.75, 3.05) is 31.1 Å². The Balaban J connectivity index is 1.50. The van der Waals surface area contributed by atoms with Crippen molar-refractivity contribution in [3.05, 3.63) is 18.1 Å². The summed E-state index contributed by atoms with van der Waals surface area (Å²) < 4.78 is 26.4. The van der Waals surface area contributed by atoms with Crippen molar-refractivity contribution in [1.29, 1.82) is 5.26 Å². The smallest absolute Gasteiger partial charge is 0.399 e. The summed E-state index contributed by atoms with van der Waals surface area (Å²) in [6.45, 7) is 10.9. The van der Waals surface area contributed by atoms with E-state index in [9.17, 15) is 9.65 Å². The molecule has 2 aliphatic heterocycles. The van der Waals surface area contributed by atoms with Gasteiger partial charge in [-0.3, -0.25) is 4.90 Å². The number of piperazine rings is 1. The van der Waals surface area contributed by atoms with Crippen LogP contribution in [0.5, 0.6) is 0 Å². The van der Waals surface area contributed by atoms with Gasteiger partial charge in [-0.1, -0.05) is 0 Å². The van der Waals surface area contributed by atoms with Crippen LogP contribution in [0.4, 0.5) is 10.2 Å². The van der Waals surface area contributed by atoms with Gasteiger partial charge in [0.05, 0.1) is 17.3 Å². The molecule has 3 aliphatic rings. The molecule has 27 heavy (non-hydrogen) atoms. The maximum atomic E-state index is 14.2. The summed E-state index contributed by atoms with van der Waals surface area (Å²) in [5.41, 5.74) is -0.553. The summed E-state index contributed by atoms with van der Waals surface area (Å²) in [5, 5.41) is 9.38. The molecule has 0 amide bonds. The molecule has 3 fully saturated rings. The number of rotatable bonds is 3. The first-order valence-electron chi connectivity index (χ1n) is 9.60. The molecule has 1 aliphatic carbocycles. The third-order valence-corrected chi connectivity index (χ3v) is 6.47. The highest BCUT2D eigenvalue weighted by molar-refractivity contribution is 6.62. The van der Waals surface area contributed by atoms with Crippen LogP contribution in [-0.4, -0.2) is 59.9 Å². The highest BCUT2D eigenvalue weighted by Crippen LogP contribution is 2.41. The molecule has 144 valence electrons. The molecule has 8 heteroatoms. The zero-order valence-corrected chi connectivity index (χ0v) is 16.5. The number of pyridine rings is 1. The van der Waals surface area contributed by atoms with Gasteiger partial charge in [-0.15, -0.1) is 0 Å². The third-order valence-electron chi connectivity index (χ3n) is 6.47.